The van der Waals surface area contributed by atoms with Gasteiger partial charge in [0, 0.05) is 5.02 Å². The lowest BCUT2D eigenvalue weighted by Gasteiger charge is -2.13. The van der Waals surface area contributed by atoms with Gasteiger partial charge in [0.1, 0.15) is 4.83 Å². The Kier molecular flexibility index (Phi) is 5.08. The van der Waals surface area contributed by atoms with E-state index in [2.05, 4.69) is 15.9 Å². The highest BCUT2D eigenvalue weighted by atomic mass is 79.9. The Bertz CT molecular complexity index is 326. The normalized spacial score (nSPS) is 13.8. The summed E-state index contributed by atoms with van der Waals surface area (Å²) in [4.78, 5) is -1.63. The van der Waals surface area contributed by atoms with Crippen LogP contribution < -0.4 is 0 Å². The van der Waals surface area contributed by atoms with Crippen LogP contribution in [0.2, 0.25) is 5.02 Å². The zero-order valence-electron chi connectivity index (χ0n) is 8.10. The van der Waals surface area contributed by atoms with Gasteiger partial charge in [-0.15, -0.1) is 0 Å². The van der Waals surface area contributed by atoms with Crippen molar-refractivity contribution in [2.45, 2.75) is 17.6 Å². The van der Waals surface area contributed by atoms with Crippen LogP contribution in [0.4, 0.5) is 13.2 Å². The number of hydrogen-bond donors (Lipinski definition) is 0. The quantitative estimate of drug-likeness (QED) is 0.757. The molecule has 0 bridgehead atoms. The second-order valence-corrected chi connectivity index (χ2v) is 4.69. The molecular weight excluding hydrogens is 308 g/mol. The van der Waals surface area contributed by atoms with Gasteiger partial charge in [0.15, 0.2) is 0 Å². The standard InChI is InChI=1S/C10H9BrClF3O/c11-9(10(13,14)15)6-16-5-7-1-3-8(12)4-2-7/h1-4,9H,5-6H2. The molecule has 0 radical (unpaired) electrons. The van der Waals surface area contributed by atoms with Crippen molar-refractivity contribution >= 4 is 27.5 Å². The van der Waals surface area contributed by atoms with Crippen molar-refractivity contribution in [3.8, 4) is 0 Å². The van der Waals surface area contributed by atoms with Crippen LogP contribution in [-0.4, -0.2) is 17.6 Å². The maximum Gasteiger partial charge on any atom is 0.403 e. The van der Waals surface area contributed by atoms with Crippen LogP contribution in [0.1, 0.15) is 5.56 Å². The minimum Gasteiger partial charge on any atom is -0.375 e. The van der Waals surface area contributed by atoms with Crippen molar-refractivity contribution in [1.82, 2.24) is 0 Å². The van der Waals surface area contributed by atoms with Gasteiger partial charge < -0.3 is 4.74 Å². The summed E-state index contributed by atoms with van der Waals surface area (Å²) in [6.45, 7) is -0.276. The number of halogens is 5. The van der Waals surface area contributed by atoms with Gasteiger partial charge in [0.05, 0.1) is 13.2 Å². The van der Waals surface area contributed by atoms with Crippen molar-refractivity contribution < 1.29 is 17.9 Å². The first kappa shape index (κ1) is 13.8. The Balaban J connectivity index is 2.33. The maximum absolute atomic E-state index is 12.1. The van der Waals surface area contributed by atoms with Crippen molar-refractivity contribution in [1.29, 1.82) is 0 Å². The highest BCUT2D eigenvalue weighted by Gasteiger charge is 2.37. The van der Waals surface area contributed by atoms with Crippen LogP contribution in [0.15, 0.2) is 24.3 Å². The second kappa shape index (κ2) is 5.89. The first-order chi connectivity index (χ1) is 7.39. The number of rotatable bonds is 4. The van der Waals surface area contributed by atoms with Gasteiger partial charge in [-0.2, -0.15) is 13.2 Å². The summed E-state index contributed by atoms with van der Waals surface area (Å²) < 4.78 is 41.2. The molecule has 1 aromatic rings. The zero-order valence-corrected chi connectivity index (χ0v) is 10.4. The van der Waals surface area contributed by atoms with Crippen molar-refractivity contribution in [3.63, 3.8) is 0 Å². The van der Waals surface area contributed by atoms with Crippen molar-refractivity contribution in [3.05, 3.63) is 34.9 Å². The first-order valence-corrected chi connectivity index (χ1v) is 5.72. The van der Waals surface area contributed by atoms with Gasteiger partial charge in [0.2, 0.25) is 0 Å². The van der Waals surface area contributed by atoms with E-state index >= 15 is 0 Å². The minimum atomic E-state index is -4.28. The van der Waals surface area contributed by atoms with E-state index < -0.39 is 17.6 Å². The van der Waals surface area contributed by atoms with Gasteiger partial charge in [-0.1, -0.05) is 39.7 Å². The average Bonchev–Trinajstić information content (AvgIpc) is 2.19. The number of benzene rings is 1. The van der Waals surface area contributed by atoms with Crippen LogP contribution in [0, 0.1) is 0 Å². The van der Waals surface area contributed by atoms with E-state index in [9.17, 15) is 13.2 Å². The summed E-state index contributed by atoms with van der Waals surface area (Å²) in [5.74, 6) is 0. The molecule has 0 saturated carbocycles. The number of alkyl halides is 4. The molecule has 0 aromatic heterocycles. The third-order valence-electron chi connectivity index (χ3n) is 1.80. The molecule has 1 unspecified atom stereocenters. The summed E-state index contributed by atoms with van der Waals surface area (Å²) in [5, 5.41) is 0.581. The van der Waals surface area contributed by atoms with Gasteiger partial charge in [-0.05, 0) is 17.7 Å². The SMILES string of the molecule is FC(F)(F)C(Br)COCc1ccc(Cl)cc1. The lowest BCUT2D eigenvalue weighted by molar-refractivity contribution is -0.138. The number of hydrogen-bond acceptors (Lipinski definition) is 1. The van der Waals surface area contributed by atoms with Gasteiger partial charge in [0.25, 0.3) is 0 Å². The third kappa shape index (κ3) is 4.72. The molecule has 0 amide bonds. The monoisotopic (exact) mass is 316 g/mol. The molecule has 90 valence electrons. The molecule has 6 heteroatoms. The lowest BCUT2D eigenvalue weighted by atomic mass is 10.2. The van der Waals surface area contributed by atoms with Crippen LogP contribution >= 0.6 is 27.5 Å². The molecule has 0 N–H and O–H groups in total. The molecule has 0 fully saturated rings. The molecule has 0 aliphatic rings. The van der Waals surface area contributed by atoms with Crippen LogP contribution in [0.3, 0.4) is 0 Å². The molecular formula is C10H9BrClF3O. The smallest absolute Gasteiger partial charge is 0.375 e. The Hall–Kier alpha value is -0.260. The minimum absolute atomic E-state index is 0.134. The molecule has 16 heavy (non-hydrogen) atoms. The number of ether oxygens (including phenoxy) is 1. The van der Waals surface area contributed by atoms with E-state index in [4.69, 9.17) is 16.3 Å². The highest BCUT2D eigenvalue weighted by molar-refractivity contribution is 9.09. The molecule has 1 nitrogen and oxygen atoms in total. The third-order valence-corrected chi connectivity index (χ3v) is 2.84. The van der Waals surface area contributed by atoms with E-state index in [1.165, 1.54) is 0 Å². The Morgan fingerprint density at radius 1 is 1.25 bits per heavy atom. The molecule has 0 aliphatic heterocycles. The molecule has 1 rings (SSSR count). The summed E-state index contributed by atoms with van der Waals surface area (Å²) >= 11 is 8.17. The van der Waals surface area contributed by atoms with Crippen LogP contribution in [-0.2, 0) is 11.3 Å². The topological polar surface area (TPSA) is 9.23 Å². The maximum atomic E-state index is 12.1. The molecule has 0 aliphatic carbocycles. The Labute approximate surface area is 105 Å². The molecule has 0 heterocycles. The van der Waals surface area contributed by atoms with E-state index in [0.29, 0.717) is 5.02 Å². The van der Waals surface area contributed by atoms with E-state index in [1.807, 2.05) is 0 Å². The Morgan fingerprint density at radius 2 is 1.81 bits per heavy atom. The fourth-order valence-electron chi connectivity index (χ4n) is 0.955. The molecule has 0 saturated heterocycles. The van der Waals surface area contributed by atoms with E-state index in [-0.39, 0.29) is 6.61 Å². The van der Waals surface area contributed by atoms with Crippen LogP contribution in [0.25, 0.3) is 0 Å². The Morgan fingerprint density at radius 3 is 2.31 bits per heavy atom. The first-order valence-electron chi connectivity index (χ1n) is 4.42. The predicted molar refractivity (Wildman–Crippen MR) is 59.9 cm³/mol. The van der Waals surface area contributed by atoms with E-state index in [1.54, 1.807) is 24.3 Å². The van der Waals surface area contributed by atoms with Gasteiger partial charge in [-0.25, -0.2) is 0 Å². The fraction of sp³-hybridized carbons (Fsp3) is 0.400. The zero-order chi connectivity index (χ0) is 12.2. The average molecular weight is 318 g/mol. The summed E-state index contributed by atoms with van der Waals surface area (Å²) in [7, 11) is 0. The largest absolute Gasteiger partial charge is 0.403 e. The fourth-order valence-corrected chi connectivity index (χ4v) is 1.27. The molecule has 0 spiro atoms. The highest BCUT2D eigenvalue weighted by Crippen LogP contribution is 2.26. The van der Waals surface area contributed by atoms with Crippen molar-refractivity contribution in [2.24, 2.45) is 0 Å². The summed E-state index contributed by atoms with van der Waals surface area (Å²) in [6.07, 6.45) is -4.28. The van der Waals surface area contributed by atoms with Crippen molar-refractivity contribution in [2.75, 3.05) is 6.61 Å². The van der Waals surface area contributed by atoms with Crippen LogP contribution in [0.5, 0.6) is 0 Å². The molecule has 1 aromatic carbocycles. The van der Waals surface area contributed by atoms with Gasteiger partial charge >= 0.3 is 6.18 Å². The summed E-state index contributed by atoms with van der Waals surface area (Å²) in [5.41, 5.74) is 0.784. The summed E-state index contributed by atoms with van der Waals surface area (Å²) in [6, 6.07) is 6.74. The predicted octanol–water partition coefficient (Wildman–Crippen LogP) is 4.18. The van der Waals surface area contributed by atoms with E-state index in [0.717, 1.165) is 5.56 Å². The molecule has 1 atom stereocenters. The lowest BCUT2D eigenvalue weighted by Crippen LogP contribution is -2.27. The second-order valence-electron chi connectivity index (χ2n) is 3.15. The van der Waals surface area contributed by atoms with Gasteiger partial charge in [-0.3, -0.25) is 0 Å².